The summed E-state index contributed by atoms with van der Waals surface area (Å²) < 4.78 is 12.1. The second kappa shape index (κ2) is 6.93. The standard InChI is InChI=1S/C14H12Cl2N2O2S/c15-9-1-4-11(5-2-9)21(20)8-14(19)18-13-6-3-10(16)7-12(13)17/h1-7H,8,17H2,(H,18,19). The zero-order chi connectivity index (χ0) is 15.4. The van der Waals surface area contributed by atoms with Gasteiger partial charge in [-0.3, -0.25) is 9.00 Å². The Hall–Kier alpha value is -1.56. The zero-order valence-electron chi connectivity index (χ0n) is 10.8. The third-order valence-electron chi connectivity index (χ3n) is 2.63. The van der Waals surface area contributed by atoms with Gasteiger partial charge in [0.15, 0.2) is 0 Å². The van der Waals surface area contributed by atoms with Crippen LogP contribution in [0.15, 0.2) is 47.4 Å². The predicted molar refractivity (Wildman–Crippen MR) is 87.2 cm³/mol. The van der Waals surface area contributed by atoms with Crippen LogP contribution in [0.25, 0.3) is 0 Å². The normalized spacial score (nSPS) is 11.9. The predicted octanol–water partition coefficient (Wildman–Crippen LogP) is 3.32. The minimum atomic E-state index is -1.44. The fourth-order valence-electron chi connectivity index (χ4n) is 1.62. The molecule has 0 saturated heterocycles. The molecular weight excluding hydrogens is 331 g/mol. The lowest BCUT2D eigenvalue weighted by Gasteiger charge is -2.08. The lowest BCUT2D eigenvalue weighted by Crippen LogP contribution is -2.20. The van der Waals surface area contributed by atoms with E-state index >= 15 is 0 Å². The van der Waals surface area contributed by atoms with Crippen molar-refractivity contribution in [2.75, 3.05) is 16.8 Å². The maximum Gasteiger partial charge on any atom is 0.237 e. The monoisotopic (exact) mass is 342 g/mol. The summed E-state index contributed by atoms with van der Waals surface area (Å²) in [5.74, 6) is -0.554. The Balaban J connectivity index is 2.01. The number of anilines is 2. The molecule has 0 aliphatic heterocycles. The molecule has 1 amide bonds. The fraction of sp³-hybridized carbons (Fsp3) is 0.0714. The summed E-state index contributed by atoms with van der Waals surface area (Å²) in [6.07, 6.45) is 0. The van der Waals surface area contributed by atoms with E-state index in [1.165, 1.54) is 6.07 Å². The van der Waals surface area contributed by atoms with Gasteiger partial charge in [-0.05, 0) is 42.5 Å². The molecule has 0 radical (unpaired) electrons. The fourth-order valence-corrected chi connectivity index (χ4v) is 2.85. The van der Waals surface area contributed by atoms with Gasteiger partial charge in [-0.2, -0.15) is 0 Å². The number of hydrogen-bond acceptors (Lipinski definition) is 3. The highest BCUT2D eigenvalue weighted by Crippen LogP contribution is 2.22. The molecule has 21 heavy (non-hydrogen) atoms. The van der Waals surface area contributed by atoms with Gasteiger partial charge in [-0.1, -0.05) is 23.2 Å². The summed E-state index contributed by atoms with van der Waals surface area (Å²) in [7, 11) is -1.44. The second-order valence-corrected chi connectivity index (χ2v) is 6.55. The first-order chi connectivity index (χ1) is 9.95. The van der Waals surface area contributed by atoms with Gasteiger partial charge in [0.2, 0.25) is 5.91 Å². The van der Waals surface area contributed by atoms with Gasteiger partial charge in [-0.25, -0.2) is 0 Å². The Kier molecular flexibility index (Phi) is 5.22. The molecule has 0 aliphatic carbocycles. The molecule has 0 aliphatic rings. The number of amides is 1. The van der Waals surface area contributed by atoms with Crippen LogP contribution in [-0.2, 0) is 15.6 Å². The third-order valence-corrected chi connectivity index (χ3v) is 4.44. The number of halogens is 2. The Morgan fingerprint density at radius 3 is 2.33 bits per heavy atom. The molecule has 1 unspecified atom stereocenters. The first-order valence-electron chi connectivity index (χ1n) is 5.94. The van der Waals surface area contributed by atoms with Crippen LogP contribution < -0.4 is 11.1 Å². The molecule has 2 aromatic rings. The van der Waals surface area contributed by atoms with E-state index < -0.39 is 16.7 Å². The van der Waals surface area contributed by atoms with Crippen molar-refractivity contribution in [3.8, 4) is 0 Å². The highest BCUT2D eigenvalue weighted by Gasteiger charge is 2.12. The summed E-state index contributed by atoms with van der Waals surface area (Å²) in [6, 6.07) is 11.3. The van der Waals surface area contributed by atoms with Gasteiger partial charge in [0.05, 0.1) is 22.2 Å². The van der Waals surface area contributed by atoms with Crippen molar-refractivity contribution in [3.63, 3.8) is 0 Å². The molecule has 7 heteroatoms. The van der Waals surface area contributed by atoms with Crippen LogP contribution >= 0.6 is 23.2 Å². The van der Waals surface area contributed by atoms with E-state index in [-0.39, 0.29) is 5.75 Å². The molecule has 0 heterocycles. The molecule has 0 saturated carbocycles. The average molecular weight is 343 g/mol. The van der Waals surface area contributed by atoms with Crippen molar-refractivity contribution >= 4 is 51.3 Å². The number of hydrogen-bond donors (Lipinski definition) is 2. The lowest BCUT2D eigenvalue weighted by molar-refractivity contribution is -0.113. The molecule has 3 N–H and O–H groups in total. The van der Waals surface area contributed by atoms with Gasteiger partial charge >= 0.3 is 0 Å². The van der Waals surface area contributed by atoms with Crippen molar-refractivity contribution < 1.29 is 9.00 Å². The van der Waals surface area contributed by atoms with Crippen LogP contribution in [0.2, 0.25) is 10.0 Å². The van der Waals surface area contributed by atoms with Crippen molar-refractivity contribution in [2.45, 2.75) is 4.90 Å². The summed E-state index contributed by atoms with van der Waals surface area (Å²) >= 11 is 11.5. The molecule has 2 rings (SSSR count). The van der Waals surface area contributed by atoms with Crippen LogP contribution in [0.3, 0.4) is 0 Å². The molecule has 1 atom stereocenters. The van der Waals surface area contributed by atoms with E-state index in [9.17, 15) is 9.00 Å². The van der Waals surface area contributed by atoms with Crippen LogP contribution in [-0.4, -0.2) is 15.9 Å². The maximum atomic E-state index is 12.1. The largest absolute Gasteiger partial charge is 0.397 e. The smallest absolute Gasteiger partial charge is 0.237 e. The number of nitrogens with two attached hydrogens (primary N) is 1. The van der Waals surface area contributed by atoms with Gasteiger partial charge in [0.25, 0.3) is 0 Å². The van der Waals surface area contributed by atoms with Gasteiger partial charge in [-0.15, -0.1) is 0 Å². The van der Waals surface area contributed by atoms with Gasteiger partial charge < -0.3 is 11.1 Å². The molecule has 0 aromatic heterocycles. The molecule has 110 valence electrons. The summed E-state index contributed by atoms with van der Waals surface area (Å²) in [5, 5.41) is 3.64. The first-order valence-corrected chi connectivity index (χ1v) is 8.02. The zero-order valence-corrected chi connectivity index (χ0v) is 13.1. The Morgan fingerprint density at radius 2 is 1.71 bits per heavy atom. The molecule has 2 aromatic carbocycles. The quantitative estimate of drug-likeness (QED) is 0.837. The number of rotatable bonds is 4. The van der Waals surface area contributed by atoms with Gasteiger partial charge in [0, 0.05) is 14.9 Å². The molecule has 0 spiro atoms. The van der Waals surface area contributed by atoms with Crippen LogP contribution in [0.5, 0.6) is 0 Å². The topological polar surface area (TPSA) is 72.2 Å². The summed E-state index contributed by atoms with van der Waals surface area (Å²) in [6.45, 7) is 0. The van der Waals surface area contributed by atoms with Crippen LogP contribution in [0.1, 0.15) is 0 Å². The van der Waals surface area contributed by atoms with Crippen LogP contribution in [0, 0.1) is 0 Å². The van der Waals surface area contributed by atoms with E-state index in [0.29, 0.717) is 26.3 Å². The highest BCUT2D eigenvalue weighted by atomic mass is 35.5. The highest BCUT2D eigenvalue weighted by molar-refractivity contribution is 7.85. The van der Waals surface area contributed by atoms with E-state index in [2.05, 4.69) is 5.32 Å². The number of nitrogens with one attached hydrogen (secondary N) is 1. The second-order valence-electron chi connectivity index (χ2n) is 4.22. The van der Waals surface area contributed by atoms with Crippen molar-refractivity contribution in [3.05, 3.63) is 52.5 Å². The minimum Gasteiger partial charge on any atom is -0.397 e. The third kappa shape index (κ3) is 4.46. The van der Waals surface area contributed by atoms with Crippen molar-refractivity contribution in [2.24, 2.45) is 0 Å². The molecular formula is C14H12Cl2N2O2S. The number of nitrogen functional groups attached to an aromatic ring is 1. The van der Waals surface area contributed by atoms with E-state index in [1.54, 1.807) is 36.4 Å². The molecule has 0 bridgehead atoms. The number of carbonyl (C=O) groups excluding carboxylic acids is 1. The average Bonchev–Trinajstić information content (AvgIpc) is 2.42. The van der Waals surface area contributed by atoms with E-state index in [1.807, 2.05) is 0 Å². The van der Waals surface area contributed by atoms with Gasteiger partial charge in [0.1, 0.15) is 5.75 Å². The first kappa shape index (κ1) is 15.8. The number of carbonyl (C=O) groups is 1. The van der Waals surface area contributed by atoms with E-state index in [4.69, 9.17) is 28.9 Å². The summed E-state index contributed by atoms with van der Waals surface area (Å²) in [4.78, 5) is 12.4. The number of benzene rings is 2. The molecule has 4 nitrogen and oxygen atoms in total. The Bertz CT molecular complexity index is 690. The van der Waals surface area contributed by atoms with Crippen LogP contribution in [0.4, 0.5) is 11.4 Å². The maximum absolute atomic E-state index is 12.1. The summed E-state index contributed by atoms with van der Waals surface area (Å²) in [5.41, 5.74) is 6.54. The Morgan fingerprint density at radius 1 is 1.10 bits per heavy atom. The lowest BCUT2D eigenvalue weighted by atomic mass is 10.2. The van der Waals surface area contributed by atoms with Crippen molar-refractivity contribution in [1.82, 2.24) is 0 Å². The SMILES string of the molecule is Nc1cc(Cl)ccc1NC(=O)CS(=O)c1ccc(Cl)cc1. The van der Waals surface area contributed by atoms with E-state index in [0.717, 1.165) is 0 Å². The molecule has 0 fully saturated rings. The van der Waals surface area contributed by atoms with Crippen molar-refractivity contribution in [1.29, 1.82) is 0 Å². The Labute approximate surface area is 134 Å². The minimum absolute atomic E-state index is 0.163.